The molecule has 3 aromatic heterocycles. The molecule has 0 fully saturated rings. The summed E-state index contributed by atoms with van der Waals surface area (Å²) in [4.78, 5) is 18.6. The summed E-state index contributed by atoms with van der Waals surface area (Å²) in [6.45, 7) is 5.57. The summed E-state index contributed by atoms with van der Waals surface area (Å²) in [7, 11) is 0. The first-order valence-corrected chi connectivity index (χ1v) is 15.0. The number of benzene rings is 3. The lowest BCUT2D eigenvalue weighted by Gasteiger charge is -2.06. The van der Waals surface area contributed by atoms with Crippen molar-refractivity contribution in [2.24, 2.45) is 0 Å². The molecule has 0 unspecified atom stereocenters. The Morgan fingerprint density at radius 1 is 0.810 bits per heavy atom. The summed E-state index contributed by atoms with van der Waals surface area (Å²) >= 11 is 1.31. The van der Waals surface area contributed by atoms with E-state index in [4.69, 9.17) is 14.6 Å². The second-order valence-electron chi connectivity index (χ2n) is 9.86. The van der Waals surface area contributed by atoms with Crippen LogP contribution in [0, 0.1) is 0 Å². The van der Waals surface area contributed by atoms with Gasteiger partial charge in [0.25, 0.3) is 5.56 Å². The molecule has 42 heavy (non-hydrogen) atoms. The van der Waals surface area contributed by atoms with Crippen molar-refractivity contribution in [3.8, 4) is 39.8 Å². The maximum atomic E-state index is 13.4. The second-order valence-corrected chi connectivity index (χ2v) is 10.9. The van der Waals surface area contributed by atoms with Crippen LogP contribution in [-0.2, 0) is 0 Å². The molecule has 3 aromatic carbocycles. The smallest absolute Gasteiger partial charge is 0.291 e. The van der Waals surface area contributed by atoms with E-state index < -0.39 is 0 Å². The largest absolute Gasteiger partial charge is 0.494 e. The van der Waals surface area contributed by atoms with Crippen molar-refractivity contribution in [3.63, 3.8) is 0 Å². The van der Waals surface area contributed by atoms with Crippen LogP contribution in [0.3, 0.4) is 0 Å². The highest BCUT2D eigenvalue weighted by Gasteiger charge is 2.15. The molecule has 0 aliphatic carbocycles. The highest BCUT2D eigenvalue weighted by Crippen LogP contribution is 2.27. The van der Waals surface area contributed by atoms with Gasteiger partial charge in [0.2, 0.25) is 4.96 Å². The van der Waals surface area contributed by atoms with Gasteiger partial charge in [-0.25, -0.2) is 4.68 Å². The van der Waals surface area contributed by atoms with Gasteiger partial charge in [-0.3, -0.25) is 4.79 Å². The standard InChI is InChI=1S/C33H31N5O3S/c1-3-5-20-41-28-15-11-23(12-16-28)30-25(22-37(35-30)26-9-7-6-8-10-26)21-29-32(39)38-33(42-29)34-31(36-38)24-13-17-27(18-14-24)40-19-4-2/h6-18,21-22H,3-5,19-20H2,1-2H3/b29-21-. The van der Waals surface area contributed by atoms with Crippen LogP contribution in [-0.4, -0.2) is 37.6 Å². The van der Waals surface area contributed by atoms with Crippen LogP contribution in [0.15, 0.2) is 89.9 Å². The molecule has 0 amide bonds. The number of fused-ring (bicyclic) bond motifs is 1. The van der Waals surface area contributed by atoms with Crippen LogP contribution in [0.25, 0.3) is 39.4 Å². The first-order chi connectivity index (χ1) is 20.6. The number of ether oxygens (including phenoxy) is 2. The van der Waals surface area contributed by atoms with Crippen molar-refractivity contribution < 1.29 is 9.47 Å². The SMILES string of the molecule is CCCCOc1ccc(-c2nn(-c3ccccc3)cc2/C=c2\sc3nc(-c4ccc(OCCC)cc4)nn3c2=O)cc1. The first kappa shape index (κ1) is 27.4. The van der Waals surface area contributed by atoms with Crippen molar-refractivity contribution in [1.82, 2.24) is 24.4 Å². The zero-order valence-electron chi connectivity index (χ0n) is 23.6. The third-order valence-corrected chi connectivity index (χ3v) is 7.67. The van der Waals surface area contributed by atoms with Gasteiger partial charge >= 0.3 is 0 Å². The zero-order chi connectivity index (χ0) is 28.9. The minimum Gasteiger partial charge on any atom is -0.494 e. The Morgan fingerprint density at radius 3 is 2.17 bits per heavy atom. The number of hydrogen-bond donors (Lipinski definition) is 0. The summed E-state index contributed by atoms with van der Waals surface area (Å²) in [5.74, 6) is 2.13. The lowest BCUT2D eigenvalue weighted by Crippen LogP contribution is -2.23. The van der Waals surface area contributed by atoms with E-state index in [0.717, 1.165) is 58.8 Å². The summed E-state index contributed by atoms with van der Waals surface area (Å²) < 4.78 is 15.3. The van der Waals surface area contributed by atoms with Crippen LogP contribution >= 0.6 is 11.3 Å². The molecule has 0 spiro atoms. The molecule has 0 N–H and O–H groups in total. The molecule has 0 aliphatic heterocycles. The summed E-state index contributed by atoms with van der Waals surface area (Å²) in [6.07, 6.45) is 6.86. The molecule has 212 valence electrons. The molecule has 6 rings (SSSR count). The Hall–Kier alpha value is -4.76. The van der Waals surface area contributed by atoms with Gasteiger partial charge in [0.1, 0.15) is 17.2 Å². The fourth-order valence-electron chi connectivity index (χ4n) is 4.49. The van der Waals surface area contributed by atoms with Gasteiger partial charge in [0.05, 0.1) is 23.4 Å². The van der Waals surface area contributed by atoms with E-state index in [1.807, 2.05) is 95.8 Å². The van der Waals surface area contributed by atoms with E-state index in [-0.39, 0.29) is 5.56 Å². The van der Waals surface area contributed by atoms with Crippen molar-refractivity contribution in [1.29, 1.82) is 0 Å². The quantitative estimate of drug-likeness (QED) is 0.171. The molecule has 9 heteroatoms. The summed E-state index contributed by atoms with van der Waals surface area (Å²) in [5.41, 5.74) is 4.06. The van der Waals surface area contributed by atoms with Crippen molar-refractivity contribution in [2.45, 2.75) is 33.1 Å². The Kier molecular flexibility index (Phi) is 8.09. The van der Waals surface area contributed by atoms with Crippen LogP contribution in [0.4, 0.5) is 0 Å². The summed E-state index contributed by atoms with van der Waals surface area (Å²) in [6, 6.07) is 25.4. The van der Waals surface area contributed by atoms with E-state index in [1.54, 1.807) is 0 Å². The van der Waals surface area contributed by atoms with Gasteiger partial charge in [-0.2, -0.15) is 14.6 Å². The minimum absolute atomic E-state index is 0.213. The third-order valence-electron chi connectivity index (χ3n) is 6.71. The number of rotatable bonds is 11. The van der Waals surface area contributed by atoms with E-state index in [2.05, 4.69) is 23.9 Å². The van der Waals surface area contributed by atoms with E-state index in [1.165, 1.54) is 15.9 Å². The Balaban J connectivity index is 1.35. The number of nitrogens with zero attached hydrogens (tertiary/aromatic N) is 5. The van der Waals surface area contributed by atoms with Gasteiger partial charge in [0.15, 0.2) is 5.82 Å². The number of unbranched alkanes of at least 4 members (excludes halogenated alkanes) is 1. The average Bonchev–Trinajstić information content (AvgIpc) is 3.72. The Morgan fingerprint density at radius 2 is 1.50 bits per heavy atom. The molecule has 3 heterocycles. The molecule has 0 atom stereocenters. The van der Waals surface area contributed by atoms with Crippen molar-refractivity contribution in [3.05, 3.63) is 106 Å². The van der Waals surface area contributed by atoms with Crippen LogP contribution in [0.2, 0.25) is 0 Å². The van der Waals surface area contributed by atoms with Crippen LogP contribution in [0.1, 0.15) is 38.7 Å². The third kappa shape index (κ3) is 5.82. The molecule has 8 nitrogen and oxygen atoms in total. The van der Waals surface area contributed by atoms with Crippen LogP contribution < -0.4 is 19.6 Å². The summed E-state index contributed by atoms with van der Waals surface area (Å²) in [5, 5.41) is 9.42. The van der Waals surface area contributed by atoms with Gasteiger partial charge in [-0.15, -0.1) is 5.10 Å². The van der Waals surface area contributed by atoms with E-state index in [9.17, 15) is 4.79 Å². The monoisotopic (exact) mass is 577 g/mol. The van der Waals surface area contributed by atoms with E-state index in [0.29, 0.717) is 28.5 Å². The Labute approximate surface area is 247 Å². The predicted octanol–water partition coefficient (Wildman–Crippen LogP) is 6.19. The van der Waals surface area contributed by atoms with Gasteiger partial charge < -0.3 is 9.47 Å². The molecule has 0 saturated heterocycles. The molecular weight excluding hydrogens is 546 g/mol. The topological polar surface area (TPSA) is 83.5 Å². The fraction of sp³-hybridized carbons (Fsp3) is 0.212. The normalized spacial score (nSPS) is 11.8. The fourth-order valence-corrected chi connectivity index (χ4v) is 5.39. The van der Waals surface area contributed by atoms with Crippen molar-refractivity contribution >= 4 is 22.4 Å². The highest BCUT2D eigenvalue weighted by atomic mass is 32.1. The molecular formula is C33H31N5O3S. The minimum atomic E-state index is -0.213. The van der Waals surface area contributed by atoms with Gasteiger partial charge in [-0.1, -0.05) is 49.8 Å². The second kappa shape index (κ2) is 12.4. The van der Waals surface area contributed by atoms with Crippen LogP contribution in [0.5, 0.6) is 11.5 Å². The van der Waals surface area contributed by atoms with Gasteiger partial charge in [-0.05, 0) is 79.6 Å². The maximum absolute atomic E-state index is 13.4. The van der Waals surface area contributed by atoms with Gasteiger partial charge in [0, 0.05) is 22.9 Å². The molecule has 6 aromatic rings. The van der Waals surface area contributed by atoms with Crippen molar-refractivity contribution in [2.75, 3.05) is 13.2 Å². The average molecular weight is 578 g/mol. The first-order valence-electron chi connectivity index (χ1n) is 14.2. The molecule has 0 aliphatic rings. The Bertz CT molecular complexity index is 1890. The number of para-hydroxylation sites is 1. The lowest BCUT2D eigenvalue weighted by molar-refractivity contribution is 0.309. The molecule has 0 bridgehead atoms. The zero-order valence-corrected chi connectivity index (χ0v) is 24.4. The number of thiazole rings is 1. The predicted molar refractivity (Wildman–Crippen MR) is 167 cm³/mol. The lowest BCUT2D eigenvalue weighted by atomic mass is 10.1. The number of hydrogen-bond acceptors (Lipinski definition) is 7. The molecule has 0 radical (unpaired) electrons. The maximum Gasteiger partial charge on any atom is 0.291 e. The number of aromatic nitrogens is 5. The highest BCUT2D eigenvalue weighted by molar-refractivity contribution is 7.15. The van der Waals surface area contributed by atoms with E-state index >= 15 is 0 Å². The molecule has 0 saturated carbocycles.